The third kappa shape index (κ3) is 14.0. The lowest BCUT2D eigenvalue weighted by Crippen LogP contribution is -2.58. The van der Waals surface area contributed by atoms with Crippen molar-refractivity contribution in [1.82, 2.24) is 25.4 Å². The molecular formula is C42H65N5O7S. The Kier molecular flexibility index (Phi) is 17.3. The van der Waals surface area contributed by atoms with Crippen LogP contribution in [0, 0.1) is 23.2 Å². The summed E-state index contributed by atoms with van der Waals surface area (Å²) in [4.78, 5) is 75.0. The maximum atomic E-state index is 14.3. The van der Waals surface area contributed by atoms with Crippen molar-refractivity contribution in [1.29, 1.82) is 0 Å². The van der Waals surface area contributed by atoms with Gasteiger partial charge in [0.15, 0.2) is 6.10 Å². The molecule has 3 N–H and O–H groups in total. The van der Waals surface area contributed by atoms with Gasteiger partial charge in [-0.1, -0.05) is 98.6 Å². The predicted octanol–water partition coefficient (Wildman–Crippen LogP) is 6.50. The van der Waals surface area contributed by atoms with Crippen molar-refractivity contribution < 1.29 is 33.8 Å². The van der Waals surface area contributed by atoms with Crippen molar-refractivity contribution in [3.8, 4) is 0 Å². The van der Waals surface area contributed by atoms with Crippen LogP contribution in [0.25, 0.3) is 0 Å². The SMILES string of the molecule is CC[C@H](C)[C@H](NC(=O)C1CCCCN1C)C(=O)N(C)[C@H](C[C@@H](OC(=O)CC(C)(C)C)c1nc(C(=O)N[C@@H](Cc2ccccc2)C[C@H](C)C(=O)O)cs1)C(C)C. The molecule has 3 rings (SSSR count). The largest absolute Gasteiger partial charge is 0.481 e. The van der Waals surface area contributed by atoms with Gasteiger partial charge in [0, 0.05) is 30.9 Å². The fourth-order valence-corrected chi connectivity index (χ4v) is 7.91. The van der Waals surface area contributed by atoms with E-state index in [2.05, 4.69) is 20.5 Å². The van der Waals surface area contributed by atoms with E-state index in [0.717, 1.165) is 31.4 Å². The van der Waals surface area contributed by atoms with E-state index in [1.54, 1.807) is 24.3 Å². The molecule has 55 heavy (non-hydrogen) atoms. The van der Waals surface area contributed by atoms with Gasteiger partial charge >= 0.3 is 11.9 Å². The number of thiazole rings is 1. The summed E-state index contributed by atoms with van der Waals surface area (Å²) in [5.74, 6) is -3.02. The molecule has 0 bridgehead atoms. The van der Waals surface area contributed by atoms with Gasteiger partial charge in [0.1, 0.15) is 16.7 Å². The highest BCUT2D eigenvalue weighted by atomic mass is 32.1. The molecule has 0 aliphatic carbocycles. The molecular weight excluding hydrogens is 719 g/mol. The minimum atomic E-state index is -0.944. The van der Waals surface area contributed by atoms with E-state index in [0.29, 0.717) is 17.8 Å². The molecule has 1 saturated heterocycles. The first-order valence-electron chi connectivity index (χ1n) is 19.8. The Labute approximate surface area is 332 Å². The fraction of sp³-hybridized carbons (Fsp3) is 0.667. The molecule has 1 unspecified atom stereocenters. The Hall–Kier alpha value is -3.84. The zero-order valence-corrected chi connectivity index (χ0v) is 35.4. The molecule has 1 aliphatic heterocycles. The number of likely N-dealkylation sites (N-methyl/N-ethyl adjacent to an activating group) is 2. The molecule has 2 aromatic rings. The molecule has 2 heterocycles. The second-order valence-corrected chi connectivity index (χ2v) is 17.9. The topological polar surface area (TPSA) is 158 Å². The lowest BCUT2D eigenvalue weighted by molar-refractivity contribution is -0.153. The van der Waals surface area contributed by atoms with Gasteiger partial charge in [-0.25, -0.2) is 4.98 Å². The maximum Gasteiger partial charge on any atom is 0.307 e. The van der Waals surface area contributed by atoms with Crippen molar-refractivity contribution in [2.45, 2.75) is 137 Å². The second-order valence-electron chi connectivity index (χ2n) is 17.0. The molecule has 0 radical (unpaired) electrons. The van der Waals surface area contributed by atoms with E-state index in [1.165, 1.54) is 11.3 Å². The van der Waals surface area contributed by atoms with E-state index in [-0.39, 0.29) is 60.1 Å². The van der Waals surface area contributed by atoms with E-state index >= 15 is 0 Å². The molecule has 0 spiro atoms. The van der Waals surface area contributed by atoms with Gasteiger partial charge in [-0.2, -0.15) is 0 Å². The number of likely N-dealkylation sites (tertiary alicyclic amines) is 1. The van der Waals surface area contributed by atoms with Crippen LogP contribution in [0.15, 0.2) is 35.7 Å². The van der Waals surface area contributed by atoms with Gasteiger partial charge in [-0.15, -0.1) is 11.3 Å². The normalized spacial score (nSPS) is 18.3. The maximum absolute atomic E-state index is 14.3. The summed E-state index contributed by atoms with van der Waals surface area (Å²) in [5.41, 5.74) is 0.759. The van der Waals surface area contributed by atoms with Crippen LogP contribution in [0.1, 0.15) is 127 Å². The Morgan fingerprint density at radius 2 is 1.71 bits per heavy atom. The van der Waals surface area contributed by atoms with Crippen LogP contribution in [0.5, 0.6) is 0 Å². The van der Waals surface area contributed by atoms with Crippen LogP contribution in [0.4, 0.5) is 0 Å². The number of hydrogen-bond acceptors (Lipinski definition) is 9. The molecule has 1 aromatic heterocycles. The zero-order valence-electron chi connectivity index (χ0n) is 34.6. The number of benzene rings is 1. The highest BCUT2D eigenvalue weighted by molar-refractivity contribution is 7.09. The molecule has 7 atom stereocenters. The number of ether oxygens (including phenoxy) is 1. The minimum Gasteiger partial charge on any atom is -0.481 e. The average molecular weight is 784 g/mol. The highest BCUT2D eigenvalue weighted by Gasteiger charge is 2.38. The highest BCUT2D eigenvalue weighted by Crippen LogP contribution is 2.33. The molecule has 0 saturated carbocycles. The number of piperidine rings is 1. The lowest BCUT2D eigenvalue weighted by Gasteiger charge is -2.38. The molecule has 12 nitrogen and oxygen atoms in total. The molecule has 1 fully saturated rings. The molecule has 306 valence electrons. The number of hydrogen-bond donors (Lipinski definition) is 3. The molecule has 13 heteroatoms. The Morgan fingerprint density at radius 3 is 2.29 bits per heavy atom. The number of aliphatic carboxylic acids is 1. The van der Waals surface area contributed by atoms with E-state index in [4.69, 9.17) is 4.74 Å². The van der Waals surface area contributed by atoms with Gasteiger partial charge in [0.05, 0.1) is 18.4 Å². The Bertz CT molecular complexity index is 1580. The van der Waals surface area contributed by atoms with Crippen LogP contribution in [0.2, 0.25) is 0 Å². The predicted molar refractivity (Wildman–Crippen MR) is 216 cm³/mol. The summed E-state index contributed by atoms with van der Waals surface area (Å²) < 4.78 is 6.14. The van der Waals surface area contributed by atoms with E-state index < -0.39 is 48.0 Å². The number of rotatable bonds is 19. The van der Waals surface area contributed by atoms with E-state index in [1.807, 2.05) is 85.8 Å². The third-order valence-corrected chi connectivity index (χ3v) is 11.6. The first-order valence-corrected chi connectivity index (χ1v) is 20.7. The van der Waals surface area contributed by atoms with Crippen LogP contribution < -0.4 is 10.6 Å². The zero-order chi connectivity index (χ0) is 41.0. The first kappa shape index (κ1) is 45.5. The number of nitrogens with zero attached hydrogens (tertiary/aromatic N) is 3. The Balaban J connectivity index is 1.89. The number of carboxylic acid groups (broad SMARTS) is 1. The standard InChI is InChI=1S/C42H65N5O7S/c1-11-27(4)36(45-38(50)32-19-15-16-20-46(32)9)40(51)47(10)33(26(2)3)23-34(54-35(48)24-42(6,7)8)39-44-31(25-55-39)37(49)43-30(21-28(5)41(52)53)22-29-17-13-12-14-18-29/h12-14,17-18,25-28,30,32-34,36H,11,15-16,19-24H2,1-10H3,(H,43,49)(H,45,50)(H,52,53)/t27-,28-,30+,32?,33+,34+,36-/m0/s1. The lowest BCUT2D eigenvalue weighted by atomic mass is 9.92. The minimum absolute atomic E-state index is 0.0618. The van der Waals surface area contributed by atoms with Crippen molar-refractivity contribution >= 4 is 41.0 Å². The smallest absolute Gasteiger partial charge is 0.307 e. The number of carbonyl (C=O) groups is 5. The van der Waals surface area contributed by atoms with Crippen molar-refractivity contribution in [2.24, 2.45) is 23.2 Å². The summed E-state index contributed by atoms with van der Waals surface area (Å²) in [7, 11) is 3.68. The van der Waals surface area contributed by atoms with Gasteiger partial charge in [-0.3, -0.25) is 28.9 Å². The number of carboxylic acids is 1. The molecule has 3 amide bonds. The number of nitrogens with one attached hydrogen (secondary N) is 2. The van der Waals surface area contributed by atoms with Crippen LogP contribution in [0.3, 0.4) is 0 Å². The second kappa shape index (κ2) is 20.9. The van der Waals surface area contributed by atoms with Gasteiger partial charge in [0.2, 0.25) is 11.8 Å². The summed E-state index contributed by atoms with van der Waals surface area (Å²) in [6.07, 6.45) is 3.64. The number of amides is 3. The van der Waals surface area contributed by atoms with Gasteiger partial charge in [-0.05, 0) is 62.1 Å². The summed E-state index contributed by atoms with van der Waals surface area (Å²) in [6.45, 7) is 16.3. The van der Waals surface area contributed by atoms with Gasteiger partial charge in [0.25, 0.3) is 5.91 Å². The van der Waals surface area contributed by atoms with Gasteiger partial charge < -0.3 is 25.4 Å². The summed E-state index contributed by atoms with van der Waals surface area (Å²) >= 11 is 1.20. The third-order valence-electron chi connectivity index (χ3n) is 10.6. The van der Waals surface area contributed by atoms with Crippen LogP contribution in [-0.4, -0.2) is 94.4 Å². The van der Waals surface area contributed by atoms with Crippen molar-refractivity contribution in [3.05, 3.63) is 52.0 Å². The van der Waals surface area contributed by atoms with Crippen molar-refractivity contribution in [3.63, 3.8) is 0 Å². The number of aromatic nitrogens is 1. The fourth-order valence-electron chi connectivity index (χ4n) is 7.07. The summed E-state index contributed by atoms with van der Waals surface area (Å²) in [6, 6.07) is 7.68. The van der Waals surface area contributed by atoms with Crippen LogP contribution >= 0.6 is 11.3 Å². The van der Waals surface area contributed by atoms with E-state index in [9.17, 15) is 29.1 Å². The Morgan fingerprint density at radius 1 is 1.04 bits per heavy atom. The molecule has 1 aliphatic rings. The summed E-state index contributed by atoms with van der Waals surface area (Å²) in [5, 5.41) is 17.7. The number of esters is 1. The first-order chi connectivity index (χ1) is 25.8. The number of carbonyl (C=O) groups excluding carboxylic acids is 4. The quantitative estimate of drug-likeness (QED) is 0.135. The van der Waals surface area contributed by atoms with Crippen LogP contribution in [-0.2, 0) is 30.3 Å². The van der Waals surface area contributed by atoms with Crippen molar-refractivity contribution in [2.75, 3.05) is 20.6 Å². The average Bonchev–Trinajstić information content (AvgIpc) is 3.61. The molecule has 1 aromatic carbocycles. The monoisotopic (exact) mass is 783 g/mol.